The first-order valence-corrected chi connectivity index (χ1v) is 6.62. The highest BCUT2D eigenvalue weighted by atomic mass is 35.5. The molecule has 5 nitrogen and oxygen atoms in total. The van der Waals surface area contributed by atoms with E-state index in [1.165, 1.54) is 18.2 Å². The Bertz CT molecular complexity index is 552. The van der Waals surface area contributed by atoms with E-state index < -0.39 is 10.0 Å². The minimum atomic E-state index is -3.56. The topological polar surface area (TPSA) is 96.0 Å². The van der Waals surface area contributed by atoms with Crippen molar-refractivity contribution in [3.63, 3.8) is 0 Å². The van der Waals surface area contributed by atoms with Gasteiger partial charge >= 0.3 is 0 Å². The molecule has 1 aromatic carbocycles. The molecule has 1 atom stereocenters. The van der Waals surface area contributed by atoms with Crippen molar-refractivity contribution < 1.29 is 8.42 Å². The first-order valence-electron chi connectivity index (χ1n) is 5.14. The molecule has 0 fully saturated rings. The zero-order valence-corrected chi connectivity index (χ0v) is 11.8. The number of nitrogens with two attached hydrogens (primary N) is 1. The highest BCUT2D eigenvalue weighted by Crippen LogP contribution is 2.14. The molecule has 100 valence electrons. The van der Waals surface area contributed by atoms with E-state index in [1.807, 2.05) is 6.07 Å². The van der Waals surface area contributed by atoms with Crippen molar-refractivity contribution in [3.05, 3.63) is 29.3 Å². The van der Waals surface area contributed by atoms with Crippen LogP contribution in [-0.2, 0) is 10.0 Å². The van der Waals surface area contributed by atoms with Crippen molar-refractivity contribution >= 4 is 22.4 Å². The van der Waals surface area contributed by atoms with Crippen molar-refractivity contribution in [2.75, 3.05) is 6.54 Å². The standard InChI is InChI=1S/C11H15N3O2S.ClH/c1-8-5-11(4-3-10(8)7-13)17(15,16)14-9(2)6-12;/h3-5,9,14H,6,12H2,1-2H3;1H/t9-;/m0./s1. The van der Waals surface area contributed by atoms with E-state index in [4.69, 9.17) is 11.0 Å². The summed E-state index contributed by atoms with van der Waals surface area (Å²) in [7, 11) is -3.56. The second-order valence-electron chi connectivity index (χ2n) is 3.85. The first-order chi connectivity index (χ1) is 7.90. The van der Waals surface area contributed by atoms with Gasteiger partial charge in [-0.3, -0.25) is 0 Å². The van der Waals surface area contributed by atoms with Crippen molar-refractivity contribution in [1.29, 1.82) is 5.26 Å². The Balaban J connectivity index is 0.00000289. The molecular formula is C11H16ClN3O2S. The van der Waals surface area contributed by atoms with Gasteiger partial charge < -0.3 is 5.73 Å². The van der Waals surface area contributed by atoms with Crippen LogP contribution in [0.2, 0.25) is 0 Å². The van der Waals surface area contributed by atoms with Gasteiger partial charge in [0.05, 0.1) is 16.5 Å². The predicted molar refractivity (Wildman–Crippen MR) is 72.0 cm³/mol. The van der Waals surface area contributed by atoms with Crippen LogP contribution in [-0.4, -0.2) is 21.0 Å². The average Bonchev–Trinajstić information content (AvgIpc) is 2.28. The summed E-state index contributed by atoms with van der Waals surface area (Å²) in [6, 6.07) is 6.05. The number of rotatable bonds is 4. The van der Waals surface area contributed by atoms with Gasteiger partial charge in [0.25, 0.3) is 0 Å². The second kappa shape index (κ2) is 6.71. The summed E-state index contributed by atoms with van der Waals surface area (Å²) in [5.74, 6) is 0. The number of hydrogen-bond donors (Lipinski definition) is 2. The van der Waals surface area contributed by atoms with Gasteiger partial charge in [-0.1, -0.05) is 0 Å². The SMILES string of the molecule is Cc1cc(S(=O)(=O)N[C@@H](C)CN)ccc1C#N.Cl. The van der Waals surface area contributed by atoms with Crippen LogP contribution in [0, 0.1) is 18.3 Å². The number of nitrogens with one attached hydrogen (secondary N) is 1. The van der Waals surface area contributed by atoms with Crippen LogP contribution in [0.15, 0.2) is 23.1 Å². The van der Waals surface area contributed by atoms with Crippen molar-refractivity contribution in [2.24, 2.45) is 5.73 Å². The van der Waals surface area contributed by atoms with Crippen LogP contribution in [0.1, 0.15) is 18.1 Å². The van der Waals surface area contributed by atoms with Gasteiger partial charge in [0.15, 0.2) is 0 Å². The maximum Gasteiger partial charge on any atom is 0.240 e. The quantitative estimate of drug-likeness (QED) is 0.861. The van der Waals surface area contributed by atoms with E-state index >= 15 is 0 Å². The van der Waals surface area contributed by atoms with E-state index in [-0.39, 0.29) is 29.9 Å². The van der Waals surface area contributed by atoms with Gasteiger partial charge in [-0.2, -0.15) is 5.26 Å². The van der Waals surface area contributed by atoms with Crippen LogP contribution >= 0.6 is 12.4 Å². The first kappa shape index (κ1) is 16.9. The molecule has 0 aromatic heterocycles. The summed E-state index contributed by atoms with van der Waals surface area (Å²) in [5.41, 5.74) is 6.47. The largest absolute Gasteiger partial charge is 0.329 e. The molecule has 18 heavy (non-hydrogen) atoms. The summed E-state index contributed by atoms with van der Waals surface area (Å²) in [4.78, 5) is 0.147. The Kier molecular flexibility index (Phi) is 6.29. The number of hydrogen-bond acceptors (Lipinski definition) is 4. The number of aryl methyl sites for hydroxylation is 1. The van der Waals surface area contributed by atoms with Gasteiger partial charge in [-0.05, 0) is 37.6 Å². The van der Waals surface area contributed by atoms with Gasteiger partial charge in [0.1, 0.15) is 0 Å². The Hall–Kier alpha value is -1.13. The molecule has 1 aromatic rings. The number of nitriles is 1. The fraction of sp³-hybridized carbons (Fsp3) is 0.364. The molecule has 0 heterocycles. The molecule has 0 spiro atoms. The number of nitrogens with zero attached hydrogens (tertiary/aromatic N) is 1. The maximum absolute atomic E-state index is 11.9. The van der Waals surface area contributed by atoms with Gasteiger partial charge in [-0.15, -0.1) is 12.4 Å². The fourth-order valence-electron chi connectivity index (χ4n) is 1.31. The van der Waals surface area contributed by atoms with Gasteiger partial charge in [0, 0.05) is 12.6 Å². The van der Waals surface area contributed by atoms with Crippen molar-refractivity contribution in [1.82, 2.24) is 4.72 Å². The zero-order chi connectivity index (χ0) is 13.1. The molecule has 0 unspecified atom stereocenters. The highest BCUT2D eigenvalue weighted by molar-refractivity contribution is 7.89. The molecule has 0 bridgehead atoms. The summed E-state index contributed by atoms with van der Waals surface area (Å²) in [6.45, 7) is 3.62. The Morgan fingerprint density at radius 2 is 2.11 bits per heavy atom. The normalized spacial score (nSPS) is 12.3. The summed E-state index contributed by atoms with van der Waals surface area (Å²) in [6.07, 6.45) is 0. The lowest BCUT2D eigenvalue weighted by Gasteiger charge is -2.12. The van der Waals surface area contributed by atoms with Crippen LogP contribution < -0.4 is 10.5 Å². The molecule has 0 saturated carbocycles. The Labute approximate surface area is 113 Å². The van der Waals surface area contributed by atoms with E-state index in [0.717, 1.165) is 0 Å². The molecular weight excluding hydrogens is 274 g/mol. The lowest BCUT2D eigenvalue weighted by atomic mass is 10.1. The van der Waals surface area contributed by atoms with Gasteiger partial charge in [-0.25, -0.2) is 13.1 Å². The molecule has 0 aliphatic carbocycles. The molecule has 0 saturated heterocycles. The summed E-state index contributed by atoms with van der Waals surface area (Å²) in [5, 5.41) is 8.76. The van der Waals surface area contributed by atoms with Crippen LogP contribution in [0.4, 0.5) is 0 Å². The molecule has 1 rings (SSSR count). The summed E-state index contributed by atoms with van der Waals surface area (Å²) >= 11 is 0. The molecule has 7 heteroatoms. The third-order valence-corrected chi connectivity index (χ3v) is 3.93. The lowest BCUT2D eigenvalue weighted by molar-refractivity contribution is 0.562. The molecule has 0 amide bonds. The van der Waals surface area contributed by atoms with E-state index in [2.05, 4.69) is 4.72 Å². The van der Waals surface area contributed by atoms with Gasteiger partial charge in [0.2, 0.25) is 10.0 Å². The zero-order valence-electron chi connectivity index (χ0n) is 10.2. The minimum absolute atomic E-state index is 0. The second-order valence-corrected chi connectivity index (χ2v) is 5.56. The van der Waals surface area contributed by atoms with E-state index in [0.29, 0.717) is 11.1 Å². The van der Waals surface area contributed by atoms with E-state index in [1.54, 1.807) is 13.8 Å². The number of sulfonamides is 1. The number of halogens is 1. The van der Waals surface area contributed by atoms with Crippen molar-refractivity contribution in [2.45, 2.75) is 24.8 Å². The molecule has 0 radical (unpaired) electrons. The van der Waals surface area contributed by atoms with Crippen molar-refractivity contribution in [3.8, 4) is 6.07 Å². The smallest absolute Gasteiger partial charge is 0.240 e. The van der Waals surface area contributed by atoms with E-state index in [9.17, 15) is 8.42 Å². The Morgan fingerprint density at radius 1 is 1.50 bits per heavy atom. The Morgan fingerprint density at radius 3 is 2.56 bits per heavy atom. The average molecular weight is 290 g/mol. The highest BCUT2D eigenvalue weighted by Gasteiger charge is 2.17. The monoisotopic (exact) mass is 289 g/mol. The molecule has 0 aliphatic rings. The maximum atomic E-state index is 11.9. The fourth-order valence-corrected chi connectivity index (χ4v) is 2.65. The third kappa shape index (κ3) is 3.96. The molecule has 3 N–H and O–H groups in total. The van der Waals surface area contributed by atoms with Crippen LogP contribution in [0.25, 0.3) is 0 Å². The molecule has 0 aliphatic heterocycles. The van der Waals surface area contributed by atoms with Crippen LogP contribution in [0.5, 0.6) is 0 Å². The summed E-state index contributed by atoms with van der Waals surface area (Å²) < 4.78 is 26.3. The van der Waals surface area contributed by atoms with Crippen LogP contribution in [0.3, 0.4) is 0 Å². The predicted octanol–water partition coefficient (Wildman–Crippen LogP) is 0.914. The number of benzene rings is 1. The minimum Gasteiger partial charge on any atom is -0.329 e. The lowest BCUT2D eigenvalue weighted by Crippen LogP contribution is -2.37. The third-order valence-electron chi connectivity index (χ3n) is 2.34.